The van der Waals surface area contributed by atoms with Crippen LogP contribution in [0.1, 0.15) is 31.2 Å². The maximum absolute atomic E-state index is 12.5. The van der Waals surface area contributed by atoms with Crippen LogP contribution in [0.5, 0.6) is 0 Å². The fourth-order valence-corrected chi connectivity index (χ4v) is 6.87. The average molecular weight is 493 g/mol. The van der Waals surface area contributed by atoms with E-state index in [0.717, 1.165) is 34.9 Å². The van der Waals surface area contributed by atoms with Gasteiger partial charge in [-0.15, -0.1) is 11.8 Å². The molecule has 1 unspecified atom stereocenters. The molecule has 0 aromatic heterocycles. The van der Waals surface area contributed by atoms with Gasteiger partial charge in [-0.1, -0.05) is 36.4 Å². The lowest BCUT2D eigenvalue weighted by atomic mass is 9.75. The number of nitrogens with zero attached hydrogens (tertiary/aromatic N) is 2. The molecule has 4 aliphatic rings. The second kappa shape index (κ2) is 11.8. The number of rotatable bonds is 8. The molecular formula is C29H40N4OS. The summed E-state index contributed by atoms with van der Waals surface area (Å²) < 4.78 is 0. The van der Waals surface area contributed by atoms with E-state index in [-0.39, 0.29) is 6.03 Å². The molecule has 0 radical (unpaired) electrons. The molecule has 4 heterocycles. The number of carbonyl (C=O) groups excluding carboxylic acids is 1. The van der Waals surface area contributed by atoms with E-state index in [1.54, 1.807) is 11.8 Å². The number of amides is 2. The van der Waals surface area contributed by atoms with Gasteiger partial charge in [0.1, 0.15) is 0 Å². The Hall–Kier alpha value is -2.02. The largest absolute Gasteiger partial charge is 0.336 e. The van der Waals surface area contributed by atoms with Crippen LogP contribution in [0.3, 0.4) is 0 Å². The summed E-state index contributed by atoms with van der Waals surface area (Å²) in [6, 6.07) is 19.4. The Balaban J connectivity index is 1.04. The zero-order valence-corrected chi connectivity index (χ0v) is 21.8. The summed E-state index contributed by atoms with van der Waals surface area (Å²) in [6.45, 7) is 6.88. The molecular weight excluding hydrogens is 452 g/mol. The number of nitrogens with one attached hydrogen (secondary N) is 2. The van der Waals surface area contributed by atoms with Gasteiger partial charge in [-0.3, -0.25) is 4.90 Å². The average Bonchev–Trinajstić information content (AvgIpc) is 2.90. The van der Waals surface area contributed by atoms with Crippen LogP contribution < -0.4 is 10.6 Å². The first-order valence-electron chi connectivity index (χ1n) is 13.4. The van der Waals surface area contributed by atoms with Crippen LogP contribution in [0.15, 0.2) is 59.5 Å². The molecule has 0 spiro atoms. The van der Waals surface area contributed by atoms with Crippen molar-refractivity contribution >= 4 is 23.5 Å². The van der Waals surface area contributed by atoms with Gasteiger partial charge in [0.15, 0.2) is 0 Å². The van der Waals surface area contributed by atoms with E-state index < -0.39 is 0 Å². The number of likely N-dealkylation sites (tertiary alicyclic amines) is 1. The number of hydrogen-bond acceptors (Lipinski definition) is 4. The summed E-state index contributed by atoms with van der Waals surface area (Å²) in [7, 11) is 0. The summed E-state index contributed by atoms with van der Waals surface area (Å²) in [4.78, 5) is 19.0. The number of benzene rings is 2. The molecule has 4 atom stereocenters. The van der Waals surface area contributed by atoms with Crippen molar-refractivity contribution in [1.82, 2.24) is 15.1 Å². The topological polar surface area (TPSA) is 47.6 Å². The summed E-state index contributed by atoms with van der Waals surface area (Å²) in [5.41, 5.74) is 2.34. The van der Waals surface area contributed by atoms with Gasteiger partial charge in [0.2, 0.25) is 0 Å². The van der Waals surface area contributed by atoms with Crippen LogP contribution in [-0.2, 0) is 6.42 Å². The number of anilines is 1. The fourth-order valence-electron chi connectivity index (χ4n) is 6.41. The van der Waals surface area contributed by atoms with E-state index in [1.165, 1.54) is 70.4 Å². The van der Waals surface area contributed by atoms with Crippen molar-refractivity contribution in [1.29, 1.82) is 0 Å². The van der Waals surface area contributed by atoms with Crippen molar-refractivity contribution in [3.63, 3.8) is 0 Å². The first-order chi connectivity index (χ1) is 17.2. The van der Waals surface area contributed by atoms with Gasteiger partial charge in [0, 0.05) is 36.3 Å². The van der Waals surface area contributed by atoms with Crippen LogP contribution >= 0.6 is 11.8 Å². The number of hydrogen-bond donors (Lipinski definition) is 2. The first kappa shape index (κ1) is 24.7. The van der Waals surface area contributed by atoms with Gasteiger partial charge < -0.3 is 15.5 Å². The highest BCUT2D eigenvalue weighted by Crippen LogP contribution is 2.37. The third kappa shape index (κ3) is 6.60. The second-order valence-corrected chi connectivity index (χ2v) is 11.6. The Labute approximate surface area is 215 Å². The van der Waals surface area contributed by atoms with Crippen LogP contribution in [0.2, 0.25) is 0 Å². The second-order valence-electron chi connectivity index (χ2n) is 10.7. The van der Waals surface area contributed by atoms with E-state index in [4.69, 9.17) is 0 Å². The van der Waals surface area contributed by atoms with E-state index >= 15 is 0 Å². The minimum atomic E-state index is -0.0965. The lowest BCUT2D eigenvalue weighted by Crippen LogP contribution is -2.59. The Morgan fingerprint density at radius 3 is 2.60 bits per heavy atom. The standard InChI is InChI=1S/C29H40N4OS/c1-35-28-9-5-8-26(18-28)31-29(34)30-19-27-17-24-12-15-33(27)21-25(24)20-32-13-10-23(11-14-32)16-22-6-3-2-4-7-22/h2-9,18,23-25,27H,10-17,19-21H2,1H3,(H2,30,31,34)/t24-,25+,27+/m1/s1. The minimum absolute atomic E-state index is 0.0965. The van der Waals surface area contributed by atoms with Gasteiger partial charge in [-0.25, -0.2) is 4.79 Å². The summed E-state index contributed by atoms with van der Waals surface area (Å²) >= 11 is 1.68. The van der Waals surface area contributed by atoms with Crippen molar-refractivity contribution in [2.45, 2.75) is 43.0 Å². The molecule has 4 saturated heterocycles. The number of carbonyl (C=O) groups is 1. The van der Waals surface area contributed by atoms with E-state index in [0.29, 0.717) is 6.04 Å². The third-order valence-corrected chi connectivity index (χ3v) is 9.13. The molecule has 2 amide bonds. The van der Waals surface area contributed by atoms with Crippen molar-refractivity contribution in [2.75, 3.05) is 50.8 Å². The zero-order chi connectivity index (χ0) is 24.0. The van der Waals surface area contributed by atoms with Gasteiger partial charge in [-0.2, -0.15) is 0 Å². The lowest BCUT2D eigenvalue weighted by Gasteiger charge is -2.51. The Morgan fingerprint density at radius 1 is 1.03 bits per heavy atom. The number of urea groups is 1. The molecule has 188 valence electrons. The van der Waals surface area contributed by atoms with Crippen LogP contribution in [0.25, 0.3) is 0 Å². The molecule has 2 aromatic rings. The van der Waals surface area contributed by atoms with Crippen molar-refractivity contribution < 1.29 is 4.79 Å². The first-order valence-corrected chi connectivity index (χ1v) is 14.6. The van der Waals surface area contributed by atoms with Crippen LogP contribution in [0, 0.1) is 17.8 Å². The zero-order valence-electron chi connectivity index (χ0n) is 21.0. The monoisotopic (exact) mass is 492 g/mol. The third-order valence-electron chi connectivity index (χ3n) is 8.41. The Kier molecular flexibility index (Phi) is 8.32. The molecule has 6 rings (SSSR count). The maximum atomic E-state index is 12.5. The molecule has 0 aliphatic carbocycles. The number of piperidine rings is 4. The van der Waals surface area contributed by atoms with Crippen molar-refractivity contribution in [2.24, 2.45) is 17.8 Å². The summed E-state index contributed by atoms with van der Waals surface area (Å²) in [6.07, 6.45) is 8.48. The highest BCUT2D eigenvalue weighted by molar-refractivity contribution is 7.98. The van der Waals surface area contributed by atoms with E-state index in [2.05, 4.69) is 56.8 Å². The van der Waals surface area contributed by atoms with Crippen molar-refractivity contribution in [3.8, 4) is 0 Å². The fraction of sp³-hybridized carbons (Fsp3) is 0.552. The minimum Gasteiger partial charge on any atom is -0.336 e. The smallest absolute Gasteiger partial charge is 0.319 e. The molecule has 2 bridgehead atoms. The lowest BCUT2D eigenvalue weighted by molar-refractivity contribution is -0.0145. The Bertz CT molecular complexity index is 962. The highest BCUT2D eigenvalue weighted by Gasteiger charge is 2.40. The predicted molar refractivity (Wildman–Crippen MR) is 146 cm³/mol. The molecule has 4 aliphatic heterocycles. The van der Waals surface area contributed by atoms with Gasteiger partial charge >= 0.3 is 6.03 Å². The maximum Gasteiger partial charge on any atom is 0.319 e. The van der Waals surface area contributed by atoms with Gasteiger partial charge in [0.25, 0.3) is 0 Å². The molecule has 35 heavy (non-hydrogen) atoms. The van der Waals surface area contributed by atoms with E-state index in [1.807, 2.05) is 24.5 Å². The molecule has 0 saturated carbocycles. The molecule has 4 fully saturated rings. The van der Waals surface area contributed by atoms with Gasteiger partial charge in [0.05, 0.1) is 0 Å². The summed E-state index contributed by atoms with van der Waals surface area (Å²) in [5, 5.41) is 6.13. The van der Waals surface area contributed by atoms with Crippen LogP contribution in [-0.4, -0.2) is 67.4 Å². The SMILES string of the molecule is CSc1cccc(NC(=O)NC[C@@H]2C[C@H]3CCN2C[C@@H]3CN2CCC(Cc3ccccc3)CC2)c1. The number of fused-ring (bicyclic) bond motifs is 3. The Morgan fingerprint density at radius 2 is 1.86 bits per heavy atom. The highest BCUT2D eigenvalue weighted by atomic mass is 32.2. The number of thioether (sulfide) groups is 1. The molecule has 2 N–H and O–H groups in total. The normalized spacial score (nSPS) is 27.0. The van der Waals surface area contributed by atoms with Crippen LogP contribution in [0.4, 0.5) is 10.5 Å². The molecule has 6 heteroatoms. The molecule has 2 aromatic carbocycles. The molecule has 5 nitrogen and oxygen atoms in total. The predicted octanol–water partition coefficient (Wildman–Crippen LogP) is 5.20. The van der Waals surface area contributed by atoms with Gasteiger partial charge in [-0.05, 0) is 99.5 Å². The van der Waals surface area contributed by atoms with Crippen molar-refractivity contribution in [3.05, 3.63) is 60.2 Å². The quantitative estimate of drug-likeness (QED) is 0.498. The summed E-state index contributed by atoms with van der Waals surface area (Å²) in [5.74, 6) is 2.42. The van der Waals surface area contributed by atoms with E-state index in [9.17, 15) is 4.79 Å².